The number of benzene rings is 3. The third-order valence-corrected chi connectivity index (χ3v) is 7.51. The zero-order valence-electron chi connectivity index (χ0n) is 25.3. The van der Waals surface area contributed by atoms with Crippen molar-refractivity contribution in [2.45, 2.75) is 97.8 Å². The SMILES string of the molecule is CCCCCC(C)c1ccccc1OC(=O)Nc1ccc(C)c(NC(=O)Oc2ccccc2C(C)CCCCC)c1. The van der Waals surface area contributed by atoms with E-state index in [1.165, 1.54) is 25.7 Å². The number of carbonyl (C=O) groups is 2. The molecule has 3 aromatic rings. The quantitative estimate of drug-likeness (QED) is 0.193. The van der Waals surface area contributed by atoms with Gasteiger partial charge in [0.05, 0.1) is 0 Å². The van der Waals surface area contributed by atoms with E-state index in [2.05, 4.69) is 38.3 Å². The van der Waals surface area contributed by atoms with Crippen LogP contribution in [0.5, 0.6) is 11.5 Å². The molecule has 0 heterocycles. The number of carbonyl (C=O) groups excluding carboxylic acids is 2. The summed E-state index contributed by atoms with van der Waals surface area (Å²) in [4.78, 5) is 25.7. The van der Waals surface area contributed by atoms with Crippen molar-refractivity contribution in [3.05, 3.63) is 83.4 Å². The van der Waals surface area contributed by atoms with Gasteiger partial charge >= 0.3 is 12.2 Å². The van der Waals surface area contributed by atoms with Crippen LogP contribution in [0.15, 0.2) is 66.7 Å². The van der Waals surface area contributed by atoms with Crippen molar-refractivity contribution in [2.24, 2.45) is 0 Å². The van der Waals surface area contributed by atoms with Gasteiger partial charge in [-0.15, -0.1) is 0 Å². The van der Waals surface area contributed by atoms with E-state index in [0.29, 0.717) is 22.9 Å². The van der Waals surface area contributed by atoms with Crippen LogP contribution in [0.4, 0.5) is 21.0 Å². The molecule has 3 aromatic carbocycles. The minimum Gasteiger partial charge on any atom is -0.410 e. The summed E-state index contributed by atoms with van der Waals surface area (Å²) in [6.07, 6.45) is 7.93. The van der Waals surface area contributed by atoms with E-state index in [9.17, 15) is 9.59 Å². The number of unbranched alkanes of at least 4 members (excludes halogenated alkanes) is 4. The van der Waals surface area contributed by atoms with Gasteiger partial charge in [-0.2, -0.15) is 0 Å². The Bertz CT molecular complexity index is 1270. The average Bonchev–Trinajstić information content (AvgIpc) is 2.95. The molecule has 2 amide bonds. The van der Waals surface area contributed by atoms with Crippen molar-refractivity contribution in [1.29, 1.82) is 0 Å². The highest BCUT2D eigenvalue weighted by atomic mass is 16.6. The summed E-state index contributed by atoms with van der Waals surface area (Å²) in [5.74, 6) is 1.70. The second-order valence-corrected chi connectivity index (χ2v) is 10.9. The van der Waals surface area contributed by atoms with Gasteiger partial charge in [-0.1, -0.05) is 109 Å². The van der Waals surface area contributed by atoms with E-state index < -0.39 is 12.2 Å². The molecule has 0 aromatic heterocycles. The third-order valence-electron chi connectivity index (χ3n) is 7.51. The highest BCUT2D eigenvalue weighted by Crippen LogP contribution is 2.32. The molecule has 0 saturated heterocycles. The molecule has 41 heavy (non-hydrogen) atoms. The van der Waals surface area contributed by atoms with Crippen LogP contribution in [0.1, 0.15) is 108 Å². The summed E-state index contributed by atoms with van der Waals surface area (Å²) in [6.45, 7) is 10.6. The predicted octanol–water partition coefficient (Wildman–Crippen LogP) is 10.6. The van der Waals surface area contributed by atoms with Crippen LogP contribution in [0, 0.1) is 6.92 Å². The summed E-state index contributed by atoms with van der Waals surface area (Å²) in [6, 6.07) is 20.7. The molecule has 0 radical (unpaired) electrons. The minimum atomic E-state index is -0.582. The van der Waals surface area contributed by atoms with E-state index in [-0.39, 0.29) is 11.8 Å². The van der Waals surface area contributed by atoms with Crippen molar-refractivity contribution >= 4 is 23.6 Å². The predicted molar refractivity (Wildman–Crippen MR) is 168 cm³/mol. The van der Waals surface area contributed by atoms with Crippen molar-refractivity contribution in [2.75, 3.05) is 10.6 Å². The summed E-state index contributed by atoms with van der Waals surface area (Å²) in [5, 5.41) is 5.63. The monoisotopic (exact) mass is 558 g/mol. The molecule has 0 saturated carbocycles. The molecule has 0 fully saturated rings. The lowest BCUT2D eigenvalue weighted by Crippen LogP contribution is -2.20. The number of ether oxygens (including phenoxy) is 2. The standard InChI is InChI=1S/C35H46N2O4/c1-6-8-10-16-25(3)29-18-12-14-20-32(29)40-34(38)36-28-23-22-27(5)31(24-28)37-35(39)41-33-21-15-13-19-30(33)26(4)17-11-9-7-2/h12-15,18-26H,6-11,16-17H2,1-5H3,(H,36,38)(H,37,39). The Morgan fingerprint density at radius 2 is 1.17 bits per heavy atom. The maximum absolute atomic E-state index is 12.9. The van der Waals surface area contributed by atoms with Gasteiger partial charge in [0.1, 0.15) is 11.5 Å². The summed E-state index contributed by atoms with van der Waals surface area (Å²) in [7, 11) is 0. The van der Waals surface area contributed by atoms with Gasteiger partial charge in [-0.05, 0) is 72.6 Å². The molecule has 2 N–H and O–H groups in total. The lowest BCUT2D eigenvalue weighted by molar-refractivity contribution is 0.213. The molecule has 6 heteroatoms. The topological polar surface area (TPSA) is 76.7 Å². The summed E-state index contributed by atoms with van der Waals surface area (Å²) in [5.41, 5.74) is 3.94. The fourth-order valence-electron chi connectivity index (χ4n) is 4.99. The van der Waals surface area contributed by atoms with Crippen molar-refractivity contribution in [3.63, 3.8) is 0 Å². The van der Waals surface area contributed by atoms with Crippen molar-refractivity contribution in [3.8, 4) is 11.5 Å². The van der Waals surface area contributed by atoms with Gasteiger partial charge in [-0.3, -0.25) is 10.6 Å². The Morgan fingerprint density at radius 1 is 0.683 bits per heavy atom. The van der Waals surface area contributed by atoms with Crippen molar-refractivity contribution in [1.82, 2.24) is 0 Å². The average molecular weight is 559 g/mol. The lowest BCUT2D eigenvalue weighted by Gasteiger charge is -2.17. The van der Waals surface area contributed by atoms with Crippen LogP contribution in [-0.4, -0.2) is 12.2 Å². The Balaban J connectivity index is 1.64. The molecule has 2 atom stereocenters. The van der Waals surface area contributed by atoms with E-state index in [4.69, 9.17) is 9.47 Å². The number of hydrogen-bond donors (Lipinski definition) is 2. The molecule has 0 bridgehead atoms. The zero-order chi connectivity index (χ0) is 29.6. The van der Waals surface area contributed by atoms with Gasteiger partial charge in [0.25, 0.3) is 0 Å². The van der Waals surface area contributed by atoms with Crippen LogP contribution < -0.4 is 20.1 Å². The number of aryl methyl sites for hydroxylation is 1. The highest BCUT2D eigenvalue weighted by molar-refractivity contribution is 5.91. The smallest absolute Gasteiger partial charge is 0.410 e. The Morgan fingerprint density at radius 3 is 1.68 bits per heavy atom. The summed E-state index contributed by atoms with van der Waals surface area (Å²) < 4.78 is 11.5. The van der Waals surface area contributed by atoms with Crippen LogP contribution in [0.25, 0.3) is 0 Å². The van der Waals surface area contributed by atoms with E-state index in [1.54, 1.807) is 12.1 Å². The Kier molecular flexibility index (Phi) is 12.7. The van der Waals surface area contributed by atoms with Gasteiger partial charge in [0, 0.05) is 11.4 Å². The molecule has 3 rings (SSSR count). The van der Waals surface area contributed by atoms with Gasteiger partial charge in [0.2, 0.25) is 0 Å². The Hall–Kier alpha value is -3.80. The van der Waals surface area contributed by atoms with Crippen LogP contribution in [0.3, 0.4) is 0 Å². The Labute approximate surface area is 245 Å². The first-order valence-corrected chi connectivity index (χ1v) is 15.1. The largest absolute Gasteiger partial charge is 0.417 e. The molecule has 6 nitrogen and oxygen atoms in total. The van der Waals surface area contributed by atoms with Gasteiger partial charge in [0.15, 0.2) is 0 Å². The number of amides is 2. The van der Waals surface area contributed by atoms with E-state index in [1.807, 2.05) is 61.5 Å². The lowest BCUT2D eigenvalue weighted by atomic mass is 9.94. The fourth-order valence-corrected chi connectivity index (χ4v) is 4.99. The van der Waals surface area contributed by atoms with Gasteiger partial charge < -0.3 is 9.47 Å². The van der Waals surface area contributed by atoms with E-state index >= 15 is 0 Å². The molecular weight excluding hydrogens is 512 g/mol. The summed E-state index contributed by atoms with van der Waals surface area (Å²) >= 11 is 0. The first-order chi connectivity index (χ1) is 19.8. The number of rotatable bonds is 14. The number of hydrogen-bond acceptors (Lipinski definition) is 4. The molecule has 0 aliphatic carbocycles. The molecule has 0 spiro atoms. The molecular formula is C35H46N2O4. The van der Waals surface area contributed by atoms with Crippen LogP contribution in [0.2, 0.25) is 0 Å². The third kappa shape index (κ3) is 9.96. The minimum absolute atomic E-state index is 0.287. The number of nitrogens with one attached hydrogen (secondary N) is 2. The molecule has 220 valence electrons. The molecule has 0 aliphatic rings. The fraction of sp³-hybridized carbons (Fsp3) is 0.429. The highest BCUT2D eigenvalue weighted by Gasteiger charge is 2.17. The molecule has 0 aliphatic heterocycles. The first kappa shape index (κ1) is 31.7. The molecule has 2 unspecified atom stereocenters. The number of anilines is 2. The second-order valence-electron chi connectivity index (χ2n) is 10.9. The maximum atomic E-state index is 12.9. The zero-order valence-corrected chi connectivity index (χ0v) is 25.3. The van der Waals surface area contributed by atoms with Gasteiger partial charge in [-0.25, -0.2) is 9.59 Å². The van der Waals surface area contributed by atoms with E-state index in [0.717, 1.165) is 42.4 Å². The first-order valence-electron chi connectivity index (χ1n) is 15.1. The second kappa shape index (κ2) is 16.5. The number of para-hydroxylation sites is 2. The van der Waals surface area contributed by atoms with Crippen LogP contribution >= 0.6 is 0 Å². The van der Waals surface area contributed by atoms with Crippen LogP contribution in [-0.2, 0) is 0 Å². The normalized spacial score (nSPS) is 12.3. The maximum Gasteiger partial charge on any atom is 0.417 e. The van der Waals surface area contributed by atoms with Crippen molar-refractivity contribution < 1.29 is 19.1 Å².